The van der Waals surface area contributed by atoms with E-state index in [4.69, 9.17) is 24.5 Å². The lowest BCUT2D eigenvalue weighted by molar-refractivity contribution is 0.0502. The van der Waals surface area contributed by atoms with Gasteiger partial charge in [0.1, 0.15) is 11.7 Å². The second-order valence-electron chi connectivity index (χ2n) is 9.36. The van der Waals surface area contributed by atoms with Crippen LogP contribution in [-0.2, 0) is 26.5 Å². The number of alkyl carbamates (subject to hydrolysis) is 1. The number of carbonyl (C=O) groups is 1. The lowest BCUT2D eigenvalue weighted by atomic mass is 10.1. The SMILES string of the molecule is COc1nc2c(N)nc(OC(C)CNC(=O)OC(C)(C)C)nc2n1Cc1cccc(CP(=O)(O)OC)c1. The lowest BCUT2D eigenvalue weighted by Gasteiger charge is -2.21. The van der Waals surface area contributed by atoms with Crippen molar-refractivity contribution in [2.75, 3.05) is 26.5 Å². The van der Waals surface area contributed by atoms with Crippen molar-refractivity contribution in [3.05, 3.63) is 35.4 Å². The Morgan fingerprint density at radius 2 is 1.92 bits per heavy atom. The lowest BCUT2D eigenvalue weighted by Crippen LogP contribution is -2.37. The summed E-state index contributed by atoms with van der Waals surface area (Å²) >= 11 is 0. The van der Waals surface area contributed by atoms with Crippen LogP contribution in [-0.4, -0.2) is 63.0 Å². The molecule has 2 atom stereocenters. The van der Waals surface area contributed by atoms with Crippen molar-refractivity contribution < 1.29 is 33.0 Å². The fourth-order valence-electron chi connectivity index (χ4n) is 3.40. The Kier molecular flexibility index (Phi) is 8.62. The monoisotopic (exact) mass is 536 g/mol. The first-order valence-electron chi connectivity index (χ1n) is 11.5. The van der Waals surface area contributed by atoms with Gasteiger partial charge < -0.3 is 34.7 Å². The molecule has 37 heavy (non-hydrogen) atoms. The number of fused-ring (bicyclic) bond motifs is 1. The number of nitrogens with zero attached hydrogens (tertiary/aromatic N) is 4. The molecule has 2 aromatic heterocycles. The number of hydrogen-bond donors (Lipinski definition) is 3. The molecule has 0 fully saturated rings. The maximum atomic E-state index is 12.0. The van der Waals surface area contributed by atoms with Gasteiger partial charge in [0, 0.05) is 7.11 Å². The van der Waals surface area contributed by atoms with Crippen LogP contribution in [0.25, 0.3) is 11.2 Å². The summed E-state index contributed by atoms with van der Waals surface area (Å²) < 4.78 is 34.8. The third kappa shape index (κ3) is 7.78. The van der Waals surface area contributed by atoms with Crippen LogP contribution in [0.5, 0.6) is 12.0 Å². The molecule has 2 heterocycles. The van der Waals surface area contributed by atoms with Gasteiger partial charge in [-0.3, -0.25) is 9.13 Å². The average Bonchev–Trinajstić information content (AvgIpc) is 3.14. The number of imidazole rings is 1. The number of aromatic nitrogens is 4. The minimum absolute atomic E-state index is 0.00218. The van der Waals surface area contributed by atoms with E-state index >= 15 is 0 Å². The van der Waals surface area contributed by atoms with Crippen molar-refractivity contribution in [2.45, 2.75) is 52.1 Å². The molecule has 4 N–H and O–H groups in total. The number of amides is 1. The Bertz CT molecular complexity index is 1310. The number of methoxy groups -OCH3 is 1. The Balaban J connectivity index is 1.83. The number of hydrogen-bond acceptors (Lipinski definition) is 10. The zero-order chi connectivity index (χ0) is 27.4. The van der Waals surface area contributed by atoms with Crippen molar-refractivity contribution in [2.24, 2.45) is 0 Å². The second-order valence-corrected chi connectivity index (χ2v) is 11.3. The van der Waals surface area contributed by atoms with Crippen molar-refractivity contribution in [3.8, 4) is 12.0 Å². The van der Waals surface area contributed by atoms with E-state index in [9.17, 15) is 14.3 Å². The molecule has 3 aromatic rings. The van der Waals surface area contributed by atoms with E-state index in [-0.39, 0.29) is 37.1 Å². The highest BCUT2D eigenvalue weighted by atomic mass is 31.2. The van der Waals surface area contributed by atoms with E-state index in [2.05, 4.69) is 20.3 Å². The average molecular weight is 537 g/mol. The van der Waals surface area contributed by atoms with Crippen LogP contribution in [0.15, 0.2) is 24.3 Å². The Morgan fingerprint density at radius 3 is 2.57 bits per heavy atom. The van der Waals surface area contributed by atoms with Gasteiger partial charge in [-0.15, -0.1) is 0 Å². The summed E-state index contributed by atoms with van der Waals surface area (Å²) in [6.45, 7) is 7.50. The van der Waals surface area contributed by atoms with Gasteiger partial charge in [-0.25, -0.2) is 4.79 Å². The maximum Gasteiger partial charge on any atom is 0.407 e. The summed E-state index contributed by atoms with van der Waals surface area (Å²) in [7, 11) is -1.05. The third-order valence-corrected chi connectivity index (χ3v) is 6.32. The molecule has 13 nitrogen and oxygen atoms in total. The molecular weight excluding hydrogens is 503 g/mol. The molecular formula is C23H33N6O7P. The van der Waals surface area contributed by atoms with Crippen LogP contribution in [0.2, 0.25) is 0 Å². The molecule has 202 valence electrons. The molecule has 0 spiro atoms. The number of ether oxygens (including phenoxy) is 3. The summed E-state index contributed by atoms with van der Waals surface area (Å²) in [6.07, 6.45) is -1.18. The van der Waals surface area contributed by atoms with E-state index in [0.29, 0.717) is 16.7 Å². The van der Waals surface area contributed by atoms with Gasteiger partial charge in [0.05, 0.1) is 26.4 Å². The zero-order valence-corrected chi connectivity index (χ0v) is 22.6. The zero-order valence-electron chi connectivity index (χ0n) is 21.7. The van der Waals surface area contributed by atoms with Gasteiger partial charge >= 0.3 is 19.7 Å². The molecule has 14 heteroatoms. The molecule has 0 aliphatic carbocycles. The predicted molar refractivity (Wildman–Crippen MR) is 137 cm³/mol. The Hall–Kier alpha value is -3.41. The van der Waals surface area contributed by atoms with Gasteiger partial charge in [0.15, 0.2) is 17.0 Å². The van der Waals surface area contributed by atoms with E-state index in [1.165, 1.54) is 14.2 Å². The highest BCUT2D eigenvalue weighted by molar-refractivity contribution is 7.51. The van der Waals surface area contributed by atoms with Gasteiger partial charge in [-0.2, -0.15) is 15.0 Å². The number of nitrogens with one attached hydrogen (secondary N) is 1. The second kappa shape index (κ2) is 11.3. The first-order valence-corrected chi connectivity index (χ1v) is 13.2. The first kappa shape index (κ1) is 28.2. The van der Waals surface area contributed by atoms with Crippen LogP contribution in [0, 0.1) is 0 Å². The van der Waals surface area contributed by atoms with Crippen LogP contribution in [0.1, 0.15) is 38.8 Å². The molecule has 3 rings (SSSR count). The Morgan fingerprint density at radius 1 is 1.22 bits per heavy atom. The minimum Gasteiger partial charge on any atom is -0.468 e. The number of benzene rings is 1. The van der Waals surface area contributed by atoms with Gasteiger partial charge in [0.25, 0.3) is 6.01 Å². The number of rotatable bonds is 10. The fraction of sp³-hybridized carbons (Fsp3) is 0.478. The molecule has 0 aliphatic rings. The van der Waals surface area contributed by atoms with Crippen molar-refractivity contribution in [1.82, 2.24) is 24.8 Å². The molecule has 0 saturated heterocycles. The topological polar surface area (TPSA) is 173 Å². The van der Waals surface area contributed by atoms with Crippen LogP contribution in [0.3, 0.4) is 0 Å². The maximum absolute atomic E-state index is 12.0. The highest BCUT2D eigenvalue weighted by Crippen LogP contribution is 2.44. The first-order chi connectivity index (χ1) is 17.3. The molecule has 0 radical (unpaired) electrons. The van der Waals surface area contributed by atoms with Gasteiger partial charge in [0.2, 0.25) is 0 Å². The third-order valence-electron chi connectivity index (χ3n) is 4.99. The van der Waals surface area contributed by atoms with Crippen LogP contribution in [0.4, 0.5) is 10.6 Å². The van der Waals surface area contributed by atoms with Crippen molar-refractivity contribution >= 4 is 30.7 Å². The normalized spacial score (nSPS) is 14.1. The molecule has 1 aromatic carbocycles. The standard InChI is InChI=1S/C23H33N6O7P/c1-14(11-25-22(30)36-23(2,3)4)35-20-27-18(24)17-19(28-20)29(21(26-17)33-5)12-15-8-7-9-16(10-15)13-37(31,32)34-6/h7-10,14H,11-13H2,1-6H3,(H,25,30)(H,31,32)(H2,24,27,28). The number of nitrogen functional groups attached to an aromatic ring is 1. The summed E-state index contributed by atoms with van der Waals surface area (Å²) in [6, 6.07) is 7.43. The van der Waals surface area contributed by atoms with E-state index < -0.39 is 25.4 Å². The molecule has 1 amide bonds. The number of carbonyl (C=O) groups excluding carboxylic acids is 1. The van der Waals surface area contributed by atoms with Crippen molar-refractivity contribution in [1.29, 1.82) is 0 Å². The number of anilines is 1. The molecule has 0 aliphatic heterocycles. The van der Waals surface area contributed by atoms with E-state index in [0.717, 1.165) is 5.56 Å². The van der Waals surface area contributed by atoms with Crippen LogP contribution < -0.4 is 20.5 Å². The van der Waals surface area contributed by atoms with E-state index in [1.807, 2.05) is 6.07 Å². The Labute approximate surface area is 214 Å². The number of nitrogens with two attached hydrogens (primary N) is 1. The minimum atomic E-state index is -3.72. The van der Waals surface area contributed by atoms with Crippen LogP contribution >= 0.6 is 7.60 Å². The predicted octanol–water partition coefficient (Wildman–Crippen LogP) is 3.09. The molecule has 0 bridgehead atoms. The largest absolute Gasteiger partial charge is 0.468 e. The summed E-state index contributed by atoms with van der Waals surface area (Å²) in [4.78, 5) is 34.8. The van der Waals surface area contributed by atoms with Crippen molar-refractivity contribution in [3.63, 3.8) is 0 Å². The smallest absolute Gasteiger partial charge is 0.407 e. The summed E-state index contributed by atoms with van der Waals surface area (Å²) in [5.41, 5.74) is 7.68. The fourth-order valence-corrected chi connectivity index (χ4v) is 4.19. The summed E-state index contributed by atoms with van der Waals surface area (Å²) in [5, 5.41) is 2.64. The molecule has 0 saturated carbocycles. The molecule has 2 unspecified atom stereocenters. The highest BCUT2D eigenvalue weighted by Gasteiger charge is 2.22. The van der Waals surface area contributed by atoms with Gasteiger partial charge in [-0.1, -0.05) is 24.3 Å². The van der Waals surface area contributed by atoms with E-state index in [1.54, 1.807) is 50.5 Å². The van der Waals surface area contributed by atoms with Gasteiger partial charge in [-0.05, 0) is 38.8 Å². The summed E-state index contributed by atoms with van der Waals surface area (Å²) in [5.74, 6) is 0.0967. The quantitative estimate of drug-likeness (QED) is 0.325.